The Morgan fingerprint density at radius 1 is 1.17 bits per heavy atom. The maximum Gasteiger partial charge on any atom is 0.312 e. The minimum atomic E-state index is -0.537. The van der Waals surface area contributed by atoms with Gasteiger partial charge < -0.3 is 9.47 Å². The van der Waals surface area contributed by atoms with Crippen LogP contribution in [-0.4, -0.2) is 18.1 Å². The van der Waals surface area contributed by atoms with Gasteiger partial charge in [0.05, 0.1) is 29.8 Å². The van der Waals surface area contributed by atoms with E-state index in [2.05, 4.69) is 0 Å². The predicted molar refractivity (Wildman–Crippen MR) is 84.9 cm³/mol. The lowest BCUT2D eigenvalue weighted by Crippen LogP contribution is -2.06. The second-order valence-electron chi connectivity index (χ2n) is 4.56. The molecule has 0 amide bonds. The average Bonchev–Trinajstić information content (AvgIpc) is 2.55. The van der Waals surface area contributed by atoms with Crippen molar-refractivity contribution in [2.75, 3.05) is 13.2 Å². The van der Waals surface area contributed by atoms with Crippen LogP contribution in [0.1, 0.15) is 12.0 Å². The van der Waals surface area contributed by atoms with E-state index in [1.165, 1.54) is 18.2 Å². The van der Waals surface area contributed by atoms with Gasteiger partial charge in [-0.2, -0.15) is 5.26 Å². The van der Waals surface area contributed by atoms with Crippen molar-refractivity contribution in [3.63, 3.8) is 0 Å². The normalized spacial score (nSPS) is 9.91. The number of nitriles is 1. The van der Waals surface area contributed by atoms with Gasteiger partial charge in [0.2, 0.25) is 0 Å². The fourth-order valence-corrected chi connectivity index (χ4v) is 2.01. The Balaban J connectivity index is 1.82. The Labute approximate surface area is 138 Å². The van der Waals surface area contributed by atoms with Crippen molar-refractivity contribution < 1.29 is 14.4 Å². The van der Waals surface area contributed by atoms with Crippen LogP contribution in [0.25, 0.3) is 0 Å². The maximum atomic E-state index is 10.9. The van der Waals surface area contributed by atoms with Crippen LogP contribution in [0.15, 0.2) is 42.5 Å². The van der Waals surface area contributed by atoms with Crippen LogP contribution in [0.5, 0.6) is 11.5 Å². The fraction of sp³-hybridized carbons (Fsp3) is 0.188. The number of benzene rings is 2. The highest BCUT2D eigenvalue weighted by molar-refractivity contribution is 6.30. The fourth-order valence-electron chi connectivity index (χ4n) is 1.84. The van der Waals surface area contributed by atoms with Crippen LogP contribution in [0.3, 0.4) is 0 Å². The summed E-state index contributed by atoms with van der Waals surface area (Å²) in [6.45, 7) is 0.636. The summed E-state index contributed by atoms with van der Waals surface area (Å²) in [5.74, 6) is 0.771. The monoisotopic (exact) mass is 332 g/mol. The van der Waals surface area contributed by atoms with Gasteiger partial charge in [0.25, 0.3) is 0 Å². The van der Waals surface area contributed by atoms with Crippen molar-refractivity contribution in [1.29, 1.82) is 5.26 Å². The van der Waals surface area contributed by atoms with Crippen molar-refractivity contribution in [3.8, 4) is 17.6 Å². The largest absolute Gasteiger partial charge is 0.493 e. The molecule has 2 rings (SSSR count). The van der Waals surface area contributed by atoms with Crippen molar-refractivity contribution >= 4 is 17.3 Å². The topological polar surface area (TPSA) is 85.4 Å². The summed E-state index contributed by atoms with van der Waals surface area (Å²) in [4.78, 5) is 10.4. The molecule has 0 aliphatic rings. The molecule has 0 unspecified atom stereocenters. The smallest absolute Gasteiger partial charge is 0.312 e. The van der Waals surface area contributed by atoms with E-state index in [9.17, 15) is 10.1 Å². The van der Waals surface area contributed by atoms with Crippen molar-refractivity contribution in [2.24, 2.45) is 0 Å². The zero-order chi connectivity index (χ0) is 16.7. The standard InChI is InChI=1S/C16H13ClN2O4/c17-13-5-6-16(15(10-13)19(20)21)23-8-2-7-22-14-4-1-3-12(9-14)11-18/h1,3-6,9-10H,2,7-8H2. The summed E-state index contributed by atoms with van der Waals surface area (Å²) >= 11 is 5.73. The molecule has 2 aromatic rings. The summed E-state index contributed by atoms with van der Waals surface area (Å²) in [5.41, 5.74) is 0.357. The summed E-state index contributed by atoms with van der Waals surface area (Å²) in [6, 6.07) is 13.1. The number of rotatable bonds is 7. The molecule has 23 heavy (non-hydrogen) atoms. The third-order valence-corrected chi connectivity index (χ3v) is 3.13. The molecule has 7 heteroatoms. The van der Waals surface area contributed by atoms with Crippen LogP contribution in [0, 0.1) is 21.4 Å². The van der Waals surface area contributed by atoms with E-state index in [1.54, 1.807) is 24.3 Å². The highest BCUT2D eigenvalue weighted by Gasteiger charge is 2.15. The number of hydrogen-bond acceptors (Lipinski definition) is 5. The second-order valence-corrected chi connectivity index (χ2v) is 5.00. The van der Waals surface area contributed by atoms with Gasteiger partial charge in [-0.25, -0.2) is 0 Å². The van der Waals surface area contributed by atoms with Crippen molar-refractivity contribution in [3.05, 3.63) is 63.2 Å². The Hall–Kier alpha value is -2.78. The molecule has 0 bridgehead atoms. The molecule has 2 aromatic carbocycles. The zero-order valence-electron chi connectivity index (χ0n) is 12.1. The lowest BCUT2D eigenvalue weighted by atomic mass is 10.2. The molecular formula is C16H13ClN2O4. The maximum absolute atomic E-state index is 10.9. The van der Waals surface area contributed by atoms with Crippen LogP contribution in [-0.2, 0) is 0 Å². The molecule has 0 saturated heterocycles. The summed E-state index contributed by atoms with van der Waals surface area (Å²) < 4.78 is 10.9. The van der Waals surface area contributed by atoms with Gasteiger partial charge in [0.15, 0.2) is 5.75 Å². The molecule has 0 heterocycles. The number of hydrogen-bond donors (Lipinski definition) is 0. The number of halogens is 1. The molecule has 0 fully saturated rings. The highest BCUT2D eigenvalue weighted by Crippen LogP contribution is 2.29. The molecular weight excluding hydrogens is 320 g/mol. The van der Waals surface area contributed by atoms with E-state index in [0.29, 0.717) is 24.3 Å². The molecule has 0 radical (unpaired) electrons. The molecule has 6 nitrogen and oxygen atoms in total. The average molecular weight is 333 g/mol. The first-order valence-electron chi connectivity index (χ1n) is 6.80. The molecule has 0 N–H and O–H groups in total. The summed E-state index contributed by atoms with van der Waals surface area (Å²) in [5, 5.41) is 20.0. The predicted octanol–water partition coefficient (Wildman–Crippen LogP) is 3.97. The zero-order valence-corrected chi connectivity index (χ0v) is 12.8. The van der Waals surface area contributed by atoms with Crippen LogP contribution in [0.4, 0.5) is 5.69 Å². The molecule has 0 atom stereocenters. The van der Waals surface area contributed by atoms with Gasteiger partial charge >= 0.3 is 5.69 Å². The lowest BCUT2D eigenvalue weighted by Gasteiger charge is -2.08. The van der Waals surface area contributed by atoms with E-state index in [1.807, 2.05) is 6.07 Å². The van der Waals surface area contributed by atoms with Crippen molar-refractivity contribution in [1.82, 2.24) is 0 Å². The number of nitro benzene ring substituents is 1. The Kier molecular flexibility index (Phi) is 5.78. The first-order chi connectivity index (χ1) is 11.1. The second kappa shape index (κ2) is 8.01. The summed E-state index contributed by atoms with van der Waals surface area (Å²) in [7, 11) is 0. The molecule has 0 spiro atoms. The SMILES string of the molecule is N#Cc1cccc(OCCCOc2ccc(Cl)cc2[N+](=O)[O-])c1. The van der Waals surface area contributed by atoms with Crippen LogP contribution in [0.2, 0.25) is 5.02 Å². The molecule has 0 aliphatic heterocycles. The van der Waals surface area contributed by atoms with E-state index >= 15 is 0 Å². The molecule has 0 aromatic heterocycles. The molecule has 0 aliphatic carbocycles. The Morgan fingerprint density at radius 2 is 1.96 bits per heavy atom. The van der Waals surface area contributed by atoms with Crippen molar-refractivity contribution in [2.45, 2.75) is 6.42 Å². The van der Waals surface area contributed by atoms with Crippen LogP contribution < -0.4 is 9.47 Å². The third kappa shape index (κ3) is 4.87. The minimum absolute atomic E-state index is 0.167. The Bertz CT molecular complexity index is 743. The molecule has 118 valence electrons. The first-order valence-corrected chi connectivity index (χ1v) is 7.17. The highest BCUT2D eigenvalue weighted by atomic mass is 35.5. The van der Waals surface area contributed by atoms with Gasteiger partial charge in [-0.15, -0.1) is 0 Å². The minimum Gasteiger partial charge on any atom is -0.493 e. The molecule has 0 saturated carbocycles. The summed E-state index contributed by atoms with van der Waals surface area (Å²) in [6.07, 6.45) is 0.538. The van der Waals surface area contributed by atoms with Gasteiger partial charge in [-0.3, -0.25) is 10.1 Å². The van der Waals surface area contributed by atoms with Gasteiger partial charge in [-0.05, 0) is 30.3 Å². The van der Waals surface area contributed by atoms with Gasteiger partial charge in [0, 0.05) is 17.5 Å². The van der Waals surface area contributed by atoms with E-state index < -0.39 is 4.92 Å². The number of nitrogens with zero attached hydrogens (tertiary/aromatic N) is 2. The van der Waals surface area contributed by atoms with Crippen LogP contribution >= 0.6 is 11.6 Å². The lowest BCUT2D eigenvalue weighted by molar-refractivity contribution is -0.385. The van der Waals surface area contributed by atoms with E-state index in [0.717, 1.165) is 0 Å². The van der Waals surface area contributed by atoms with Gasteiger partial charge in [0.1, 0.15) is 5.75 Å². The van der Waals surface area contributed by atoms with E-state index in [4.69, 9.17) is 26.3 Å². The van der Waals surface area contributed by atoms with Gasteiger partial charge in [-0.1, -0.05) is 17.7 Å². The quantitative estimate of drug-likeness (QED) is 0.435. The third-order valence-electron chi connectivity index (χ3n) is 2.90. The number of nitro groups is 1. The first kappa shape index (κ1) is 16.6. The Morgan fingerprint density at radius 3 is 2.70 bits per heavy atom. The van der Waals surface area contributed by atoms with E-state index in [-0.39, 0.29) is 23.1 Å². The number of ether oxygens (including phenoxy) is 2.